The van der Waals surface area contributed by atoms with Crippen molar-refractivity contribution in [3.8, 4) is 5.75 Å². The molecule has 1 rings (SSSR count). The Labute approximate surface area is 112 Å². The van der Waals surface area contributed by atoms with Crippen molar-refractivity contribution in [1.29, 1.82) is 0 Å². The first-order valence-corrected chi connectivity index (χ1v) is 5.94. The van der Waals surface area contributed by atoms with Gasteiger partial charge in [0.25, 0.3) is 0 Å². The molecule has 0 unspecified atom stereocenters. The van der Waals surface area contributed by atoms with E-state index in [1.54, 1.807) is 39.0 Å². The number of carbonyl (C=O) groups is 2. The van der Waals surface area contributed by atoms with Gasteiger partial charge in [0.15, 0.2) is 0 Å². The first-order valence-electron chi connectivity index (χ1n) is 5.94. The molecule has 5 nitrogen and oxygen atoms in total. The number of amides is 1. The van der Waals surface area contributed by atoms with Gasteiger partial charge in [0.05, 0.1) is 13.5 Å². The number of rotatable bonds is 4. The molecule has 1 amide bonds. The zero-order valence-corrected chi connectivity index (χ0v) is 11.6. The van der Waals surface area contributed by atoms with Gasteiger partial charge in [0.1, 0.15) is 5.75 Å². The van der Waals surface area contributed by atoms with Crippen LogP contribution in [-0.4, -0.2) is 24.1 Å². The van der Waals surface area contributed by atoms with Crippen LogP contribution < -0.4 is 10.1 Å². The molecular weight excluding hydrogens is 246 g/mol. The summed E-state index contributed by atoms with van der Waals surface area (Å²) in [5.41, 5.74) is 0.480. The first-order chi connectivity index (χ1) is 8.74. The van der Waals surface area contributed by atoms with E-state index in [0.717, 1.165) is 0 Å². The van der Waals surface area contributed by atoms with E-state index in [0.29, 0.717) is 17.0 Å². The van der Waals surface area contributed by atoms with Crippen LogP contribution in [0.25, 0.3) is 0 Å². The summed E-state index contributed by atoms with van der Waals surface area (Å²) in [6, 6.07) is 4.96. The molecule has 104 valence electrons. The lowest BCUT2D eigenvalue weighted by molar-refractivity contribution is -0.136. The van der Waals surface area contributed by atoms with Gasteiger partial charge in [-0.25, -0.2) is 0 Å². The number of ether oxygens (including phenoxy) is 1. The van der Waals surface area contributed by atoms with Crippen LogP contribution in [-0.2, 0) is 16.0 Å². The zero-order valence-electron chi connectivity index (χ0n) is 11.6. The number of anilines is 1. The Hall–Kier alpha value is -2.04. The second kappa shape index (κ2) is 5.73. The maximum Gasteiger partial charge on any atom is 0.307 e. The molecule has 0 spiro atoms. The molecule has 0 aliphatic rings. The van der Waals surface area contributed by atoms with Crippen molar-refractivity contribution < 1.29 is 19.4 Å². The Morgan fingerprint density at radius 1 is 1.32 bits per heavy atom. The van der Waals surface area contributed by atoms with Crippen LogP contribution in [0.4, 0.5) is 5.69 Å². The van der Waals surface area contributed by atoms with Crippen LogP contribution in [0.2, 0.25) is 0 Å². The summed E-state index contributed by atoms with van der Waals surface area (Å²) in [5, 5.41) is 11.6. The smallest absolute Gasteiger partial charge is 0.307 e. The maximum absolute atomic E-state index is 11.9. The Bertz CT molecular complexity index is 489. The van der Waals surface area contributed by atoms with Crippen molar-refractivity contribution in [3.63, 3.8) is 0 Å². The second-order valence-corrected chi connectivity index (χ2v) is 5.30. The molecule has 0 fully saturated rings. The number of nitrogens with one attached hydrogen (secondary N) is 1. The summed E-state index contributed by atoms with van der Waals surface area (Å²) >= 11 is 0. The Morgan fingerprint density at radius 3 is 2.42 bits per heavy atom. The van der Waals surface area contributed by atoms with Crippen LogP contribution >= 0.6 is 0 Å². The number of carboxylic acid groups (broad SMARTS) is 1. The number of methoxy groups -OCH3 is 1. The van der Waals surface area contributed by atoms with Crippen molar-refractivity contribution in [1.82, 2.24) is 0 Å². The highest BCUT2D eigenvalue weighted by Gasteiger charge is 2.22. The topological polar surface area (TPSA) is 75.6 Å². The molecule has 0 heterocycles. The Balaban J connectivity index is 3.05. The lowest BCUT2D eigenvalue weighted by Crippen LogP contribution is -2.28. The Kier molecular flexibility index (Phi) is 4.53. The number of aliphatic carboxylic acids is 1. The van der Waals surface area contributed by atoms with Crippen molar-refractivity contribution in [2.45, 2.75) is 27.2 Å². The molecule has 0 aliphatic heterocycles. The van der Waals surface area contributed by atoms with Gasteiger partial charge in [-0.15, -0.1) is 0 Å². The van der Waals surface area contributed by atoms with Crippen LogP contribution in [0.1, 0.15) is 26.3 Å². The third-order valence-electron chi connectivity index (χ3n) is 2.58. The van der Waals surface area contributed by atoms with Crippen LogP contribution in [0.15, 0.2) is 18.2 Å². The number of hydrogen-bond acceptors (Lipinski definition) is 3. The van der Waals surface area contributed by atoms with Gasteiger partial charge in [-0.2, -0.15) is 0 Å². The molecule has 0 saturated heterocycles. The summed E-state index contributed by atoms with van der Waals surface area (Å²) in [6.45, 7) is 5.38. The molecular formula is C14H19NO4. The van der Waals surface area contributed by atoms with Crippen molar-refractivity contribution in [2.24, 2.45) is 5.41 Å². The summed E-state index contributed by atoms with van der Waals surface area (Å²) in [5.74, 6) is -0.561. The van der Waals surface area contributed by atoms with E-state index in [9.17, 15) is 9.59 Å². The summed E-state index contributed by atoms with van der Waals surface area (Å²) in [4.78, 5) is 22.8. The molecule has 0 saturated carbocycles. The lowest BCUT2D eigenvalue weighted by Gasteiger charge is -2.19. The molecule has 1 aromatic rings. The SMILES string of the molecule is COc1ccc(NC(=O)C(C)(C)C)c(CC(=O)O)c1. The highest BCUT2D eigenvalue weighted by Crippen LogP contribution is 2.25. The van der Waals surface area contributed by atoms with Crippen LogP contribution in [0.3, 0.4) is 0 Å². The monoisotopic (exact) mass is 265 g/mol. The maximum atomic E-state index is 11.9. The van der Waals surface area contributed by atoms with E-state index in [4.69, 9.17) is 9.84 Å². The van der Waals surface area contributed by atoms with Gasteiger partial charge >= 0.3 is 5.97 Å². The summed E-state index contributed by atoms with van der Waals surface area (Å²) in [6.07, 6.45) is -0.170. The van der Waals surface area contributed by atoms with E-state index < -0.39 is 11.4 Å². The van der Waals surface area contributed by atoms with E-state index in [-0.39, 0.29) is 12.3 Å². The van der Waals surface area contributed by atoms with Gasteiger partial charge < -0.3 is 15.2 Å². The van der Waals surface area contributed by atoms with E-state index >= 15 is 0 Å². The van der Waals surface area contributed by atoms with E-state index in [1.165, 1.54) is 7.11 Å². The fraction of sp³-hybridized carbons (Fsp3) is 0.429. The number of hydrogen-bond donors (Lipinski definition) is 2. The normalized spacial score (nSPS) is 10.9. The standard InChI is InChI=1S/C14H19NO4/c1-14(2,3)13(18)15-11-6-5-10(19-4)7-9(11)8-12(16)17/h5-7H,8H2,1-4H3,(H,15,18)(H,16,17). The fourth-order valence-electron chi connectivity index (χ4n) is 1.44. The predicted octanol–water partition coefficient (Wildman–Crippen LogP) is 2.31. The lowest BCUT2D eigenvalue weighted by atomic mass is 9.95. The van der Waals surface area contributed by atoms with E-state index in [1.807, 2.05) is 0 Å². The third kappa shape index (κ3) is 4.28. The van der Waals surface area contributed by atoms with Crippen molar-refractivity contribution >= 4 is 17.6 Å². The van der Waals surface area contributed by atoms with Gasteiger partial charge in [-0.05, 0) is 23.8 Å². The van der Waals surface area contributed by atoms with E-state index in [2.05, 4.69) is 5.32 Å². The fourth-order valence-corrected chi connectivity index (χ4v) is 1.44. The minimum atomic E-state index is -0.959. The largest absolute Gasteiger partial charge is 0.497 e. The van der Waals surface area contributed by atoms with Crippen LogP contribution in [0.5, 0.6) is 5.75 Å². The molecule has 2 N–H and O–H groups in total. The summed E-state index contributed by atoms with van der Waals surface area (Å²) < 4.78 is 5.06. The van der Waals surface area contributed by atoms with Crippen molar-refractivity contribution in [2.75, 3.05) is 12.4 Å². The molecule has 0 radical (unpaired) electrons. The highest BCUT2D eigenvalue weighted by molar-refractivity contribution is 5.95. The highest BCUT2D eigenvalue weighted by atomic mass is 16.5. The minimum Gasteiger partial charge on any atom is -0.497 e. The molecule has 0 aromatic heterocycles. The van der Waals surface area contributed by atoms with Crippen molar-refractivity contribution in [3.05, 3.63) is 23.8 Å². The first kappa shape index (κ1) is 15.0. The number of benzene rings is 1. The molecule has 0 bridgehead atoms. The third-order valence-corrected chi connectivity index (χ3v) is 2.58. The van der Waals surface area contributed by atoms with Gasteiger partial charge in [-0.1, -0.05) is 20.8 Å². The zero-order chi connectivity index (χ0) is 14.6. The average molecular weight is 265 g/mol. The van der Waals surface area contributed by atoms with Crippen LogP contribution in [0, 0.1) is 5.41 Å². The molecule has 0 atom stereocenters. The summed E-state index contributed by atoms with van der Waals surface area (Å²) in [7, 11) is 1.51. The second-order valence-electron chi connectivity index (χ2n) is 5.30. The Morgan fingerprint density at radius 2 is 1.95 bits per heavy atom. The quantitative estimate of drug-likeness (QED) is 0.876. The minimum absolute atomic E-state index is 0.163. The van der Waals surface area contributed by atoms with Gasteiger partial charge in [0.2, 0.25) is 5.91 Å². The average Bonchev–Trinajstić information content (AvgIpc) is 2.29. The number of carbonyl (C=O) groups excluding carboxylic acids is 1. The van der Waals surface area contributed by atoms with Gasteiger partial charge in [-0.3, -0.25) is 9.59 Å². The molecule has 5 heteroatoms. The predicted molar refractivity (Wildman–Crippen MR) is 72.4 cm³/mol. The molecule has 0 aliphatic carbocycles. The van der Waals surface area contributed by atoms with Gasteiger partial charge in [0, 0.05) is 11.1 Å². The number of carboxylic acids is 1. The molecule has 19 heavy (non-hydrogen) atoms. The molecule has 1 aromatic carbocycles.